The Labute approximate surface area is 112 Å². The predicted molar refractivity (Wildman–Crippen MR) is 77.2 cm³/mol. The summed E-state index contributed by atoms with van der Waals surface area (Å²) in [5.74, 6) is 2.00. The van der Waals surface area contributed by atoms with E-state index in [-0.39, 0.29) is 0 Å². The summed E-state index contributed by atoms with van der Waals surface area (Å²) in [6.07, 6.45) is 3.10. The maximum atomic E-state index is 5.15. The number of rotatable bonds is 5. The zero-order chi connectivity index (χ0) is 12.8. The minimum atomic E-state index is 0.877. The minimum absolute atomic E-state index is 0.877. The smallest absolute Gasteiger partial charge is 0.118 e. The van der Waals surface area contributed by atoms with Crippen LogP contribution < -0.4 is 4.74 Å². The first-order chi connectivity index (χ1) is 8.83. The molecule has 0 aliphatic heterocycles. The molecule has 0 spiro atoms. The van der Waals surface area contributed by atoms with Crippen molar-refractivity contribution in [2.75, 3.05) is 12.9 Å². The summed E-state index contributed by atoms with van der Waals surface area (Å²) in [6, 6.07) is 12.2. The molecular formula is C15H17NOS. The minimum Gasteiger partial charge on any atom is -0.497 e. The number of hydrogen-bond acceptors (Lipinski definition) is 3. The van der Waals surface area contributed by atoms with Crippen LogP contribution in [0.25, 0.3) is 11.1 Å². The van der Waals surface area contributed by atoms with E-state index in [1.807, 2.05) is 18.3 Å². The fraction of sp³-hybridized carbons (Fsp3) is 0.267. The van der Waals surface area contributed by atoms with Crippen LogP contribution in [0.3, 0.4) is 0 Å². The Hall–Kier alpha value is -1.48. The van der Waals surface area contributed by atoms with Crippen molar-refractivity contribution in [3.05, 3.63) is 42.6 Å². The number of pyridine rings is 1. The van der Waals surface area contributed by atoms with Crippen LogP contribution in [0.4, 0.5) is 0 Å². The van der Waals surface area contributed by atoms with Crippen molar-refractivity contribution < 1.29 is 4.74 Å². The van der Waals surface area contributed by atoms with Gasteiger partial charge in [-0.05, 0) is 35.9 Å². The molecule has 0 unspecified atom stereocenters. The van der Waals surface area contributed by atoms with Gasteiger partial charge in [-0.3, -0.25) is 0 Å². The third-order valence-corrected chi connectivity index (χ3v) is 3.76. The molecule has 0 N–H and O–H groups in total. The molecule has 18 heavy (non-hydrogen) atoms. The van der Waals surface area contributed by atoms with Gasteiger partial charge in [0.2, 0.25) is 0 Å². The lowest BCUT2D eigenvalue weighted by molar-refractivity contribution is 0.415. The van der Waals surface area contributed by atoms with Crippen LogP contribution >= 0.6 is 11.8 Å². The molecule has 3 heteroatoms. The van der Waals surface area contributed by atoms with Gasteiger partial charge in [-0.1, -0.05) is 25.1 Å². The fourth-order valence-electron chi connectivity index (χ4n) is 1.63. The van der Waals surface area contributed by atoms with Crippen molar-refractivity contribution in [3.63, 3.8) is 0 Å². The monoisotopic (exact) mass is 259 g/mol. The third kappa shape index (κ3) is 3.26. The van der Waals surface area contributed by atoms with Crippen LogP contribution in [0.5, 0.6) is 5.75 Å². The number of ether oxygens (including phenoxy) is 1. The molecule has 2 rings (SSSR count). The number of nitrogens with zero attached hydrogens (tertiary/aromatic N) is 1. The van der Waals surface area contributed by atoms with E-state index in [1.165, 1.54) is 6.42 Å². The van der Waals surface area contributed by atoms with Crippen LogP contribution in [0, 0.1) is 0 Å². The van der Waals surface area contributed by atoms with Gasteiger partial charge in [0.25, 0.3) is 0 Å². The number of benzene rings is 1. The van der Waals surface area contributed by atoms with Crippen LogP contribution in [-0.2, 0) is 0 Å². The van der Waals surface area contributed by atoms with E-state index in [9.17, 15) is 0 Å². The van der Waals surface area contributed by atoms with Gasteiger partial charge in [-0.15, -0.1) is 11.8 Å². The molecule has 0 saturated carbocycles. The Kier molecular flexibility index (Phi) is 4.65. The summed E-state index contributed by atoms with van der Waals surface area (Å²) in [5, 5.41) is 1.09. The Balaban J connectivity index is 2.12. The van der Waals surface area contributed by atoms with Crippen molar-refractivity contribution in [1.29, 1.82) is 0 Å². The van der Waals surface area contributed by atoms with Gasteiger partial charge in [-0.25, -0.2) is 4.98 Å². The lowest BCUT2D eigenvalue weighted by Crippen LogP contribution is -1.85. The highest BCUT2D eigenvalue weighted by Crippen LogP contribution is 2.24. The normalized spacial score (nSPS) is 10.3. The number of hydrogen-bond donors (Lipinski definition) is 0. The molecule has 94 valence electrons. The summed E-state index contributed by atoms with van der Waals surface area (Å²) in [6.45, 7) is 2.18. The molecule has 0 amide bonds. The molecule has 0 bridgehead atoms. The maximum Gasteiger partial charge on any atom is 0.118 e. The van der Waals surface area contributed by atoms with Gasteiger partial charge in [0, 0.05) is 11.8 Å². The Bertz CT molecular complexity index is 479. The van der Waals surface area contributed by atoms with Crippen molar-refractivity contribution in [2.45, 2.75) is 18.4 Å². The largest absolute Gasteiger partial charge is 0.497 e. The Morgan fingerprint density at radius 1 is 1.06 bits per heavy atom. The molecule has 0 aliphatic carbocycles. The van der Waals surface area contributed by atoms with Crippen molar-refractivity contribution in [3.8, 4) is 16.9 Å². The van der Waals surface area contributed by atoms with Crippen molar-refractivity contribution in [1.82, 2.24) is 4.98 Å². The van der Waals surface area contributed by atoms with Gasteiger partial charge in [0.15, 0.2) is 0 Å². The SMILES string of the molecule is CCCSc1ccc(-c2ccc(OC)cc2)cn1. The van der Waals surface area contributed by atoms with Crippen LogP contribution in [-0.4, -0.2) is 17.8 Å². The van der Waals surface area contributed by atoms with Crippen molar-refractivity contribution >= 4 is 11.8 Å². The van der Waals surface area contributed by atoms with E-state index in [0.29, 0.717) is 0 Å². The average molecular weight is 259 g/mol. The van der Waals surface area contributed by atoms with Crippen LogP contribution in [0.2, 0.25) is 0 Å². The first-order valence-corrected chi connectivity index (χ1v) is 7.05. The summed E-state index contributed by atoms with van der Waals surface area (Å²) >= 11 is 1.80. The molecule has 0 radical (unpaired) electrons. The van der Waals surface area contributed by atoms with Crippen molar-refractivity contribution in [2.24, 2.45) is 0 Å². The zero-order valence-corrected chi connectivity index (χ0v) is 11.5. The number of aromatic nitrogens is 1. The second-order valence-electron chi connectivity index (χ2n) is 3.96. The molecule has 0 aliphatic rings. The Morgan fingerprint density at radius 2 is 1.78 bits per heavy atom. The van der Waals surface area contributed by atoms with Gasteiger partial charge in [0.1, 0.15) is 5.75 Å². The van der Waals surface area contributed by atoms with E-state index < -0.39 is 0 Å². The highest BCUT2D eigenvalue weighted by molar-refractivity contribution is 7.99. The fourth-order valence-corrected chi connectivity index (χ4v) is 2.33. The molecule has 1 heterocycles. The van der Waals surface area contributed by atoms with E-state index in [1.54, 1.807) is 18.9 Å². The second-order valence-corrected chi connectivity index (χ2v) is 5.08. The molecule has 0 fully saturated rings. The standard InChI is InChI=1S/C15H17NOS/c1-3-10-18-15-9-6-13(11-16-15)12-4-7-14(17-2)8-5-12/h4-9,11H,3,10H2,1-2H3. The summed E-state index contributed by atoms with van der Waals surface area (Å²) in [4.78, 5) is 4.47. The third-order valence-electron chi connectivity index (χ3n) is 2.61. The molecule has 2 aromatic rings. The topological polar surface area (TPSA) is 22.1 Å². The zero-order valence-electron chi connectivity index (χ0n) is 10.7. The summed E-state index contributed by atoms with van der Waals surface area (Å²) in [7, 11) is 1.68. The molecule has 0 saturated heterocycles. The highest BCUT2D eigenvalue weighted by Gasteiger charge is 2.00. The first kappa shape index (κ1) is 13.0. The second kappa shape index (κ2) is 6.45. The average Bonchev–Trinajstić information content (AvgIpc) is 2.46. The number of thioether (sulfide) groups is 1. The van der Waals surface area contributed by atoms with E-state index in [4.69, 9.17) is 4.74 Å². The lowest BCUT2D eigenvalue weighted by atomic mass is 10.1. The van der Waals surface area contributed by atoms with Gasteiger partial charge < -0.3 is 4.74 Å². The molecular weight excluding hydrogens is 242 g/mol. The molecule has 1 aromatic heterocycles. The van der Waals surface area contributed by atoms with Crippen LogP contribution in [0.1, 0.15) is 13.3 Å². The van der Waals surface area contributed by atoms with Gasteiger partial charge >= 0.3 is 0 Å². The highest BCUT2D eigenvalue weighted by atomic mass is 32.2. The van der Waals surface area contributed by atoms with Crippen LogP contribution in [0.15, 0.2) is 47.6 Å². The molecule has 2 nitrogen and oxygen atoms in total. The van der Waals surface area contributed by atoms with E-state index in [0.717, 1.165) is 27.7 Å². The molecule has 0 atom stereocenters. The predicted octanol–water partition coefficient (Wildman–Crippen LogP) is 4.26. The lowest BCUT2D eigenvalue weighted by Gasteiger charge is -2.04. The Morgan fingerprint density at radius 3 is 2.33 bits per heavy atom. The number of methoxy groups -OCH3 is 1. The quantitative estimate of drug-likeness (QED) is 0.749. The summed E-state index contributed by atoms with van der Waals surface area (Å²) in [5.41, 5.74) is 2.30. The van der Waals surface area contributed by atoms with E-state index >= 15 is 0 Å². The molecule has 1 aromatic carbocycles. The first-order valence-electron chi connectivity index (χ1n) is 6.06. The van der Waals surface area contributed by atoms with Gasteiger partial charge in [0.05, 0.1) is 12.1 Å². The maximum absolute atomic E-state index is 5.15. The van der Waals surface area contributed by atoms with Gasteiger partial charge in [-0.2, -0.15) is 0 Å². The van der Waals surface area contributed by atoms with E-state index in [2.05, 4.69) is 36.2 Å². The summed E-state index contributed by atoms with van der Waals surface area (Å²) < 4.78 is 5.15.